The van der Waals surface area contributed by atoms with E-state index in [1.54, 1.807) is 0 Å². The Kier molecular flexibility index (Phi) is 2.88. The summed E-state index contributed by atoms with van der Waals surface area (Å²) < 4.78 is 4.12. The molecule has 0 saturated carbocycles. The molecule has 0 spiro atoms. The van der Waals surface area contributed by atoms with Crippen molar-refractivity contribution in [2.75, 3.05) is 0 Å². The Hall–Kier alpha value is -1.84. The number of rotatable bonds is 1. The van der Waals surface area contributed by atoms with E-state index in [1.165, 1.54) is 16.6 Å². The highest BCUT2D eigenvalue weighted by molar-refractivity contribution is 5.79. The van der Waals surface area contributed by atoms with Gasteiger partial charge in [0.1, 0.15) is 0 Å². The summed E-state index contributed by atoms with van der Waals surface area (Å²) in [6.07, 6.45) is 0. The molecule has 4 nitrogen and oxygen atoms in total. The molecule has 2 aromatic rings. The molecular formula is C13H18N4. The average Bonchev–Trinajstić information content (AvgIpc) is 2.49. The largest absolute Gasteiger partial charge is 0.312 e. The van der Waals surface area contributed by atoms with Gasteiger partial charge in [0.25, 0.3) is 0 Å². The van der Waals surface area contributed by atoms with Crippen molar-refractivity contribution in [3.63, 3.8) is 0 Å². The minimum Gasteiger partial charge on any atom is -0.312 e. The second-order valence-electron chi connectivity index (χ2n) is 4.56. The summed E-state index contributed by atoms with van der Waals surface area (Å²) in [6, 6.07) is 6.39. The number of aromatic nitrogens is 2. The number of hydrogen-bond donors (Lipinski definition) is 0. The van der Waals surface area contributed by atoms with E-state index in [2.05, 4.69) is 44.5 Å². The molecule has 0 aliphatic carbocycles. The quantitative estimate of drug-likeness (QED) is 0.531. The van der Waals surface area contributed by atoms with Gasteiger partial charge in [-0.15, -0.1) is 5.10 Å². The van der Waals surface area contributed by atoms with Gasteiger partial charge >= 0.3 is 0 Å². The molecule has 17 heavy (non-hydrogen) atoms. The molecule has 0 fully saturated rings. The molecule has 1 aromatic heterocycles. The first-order chi connectivity index (χ1) is 8.00. The third kappa shape index (κ3) is 2.02. The second-order valence-corrected chi connectivity index (χ2v) is 4.56. The van der Waals surface area contributed by atoms with Crippen LogP contribution < -0.4 is 5.62 Å². The zero-order chi connectivity index (χ0) is 12.6. The highest BCUT2D eigenvalue weighted by Gasteiger charge is 2.05. The van der Waals surface area contributed by atoms with E-state index in [-0.39, 0.29) is 0 Å². The maximum absolute atomic E-state index is 4.29. The Morgan fingerprint density at radius 3 is 2.35 bits per heavy atom. The Morgan fingerprint density at radius 2 is 1.71 bits per heavy atom. The monoisotopic (exact) mass is 230 g/mol. The lowest BCUT2D eigenvalue weighted by Crippen LogP contribution is -2.21. The van der Waals surface area contributed by atoms with E-state index < -0.39 is 0 Å². The summed E-state index contributed by atoms with van der Waals surface area (Å²) in [6.45, 7) is 5.98. The van der Waals surface area contributed by atoms with Crippen molar-refractivity contribution in [1.29, 1.82) is 0 Å². The fourth-order valence-electron chi connectivity index (χ4n) is 1.91. The molecule has 0 atom stereocenters. The van der Waals surface area contributed by atoms with Crippen molar-refractivity contribution in [2.45, 2.75) is 20.8 Å². The minimum atomic E-state index is 0.854. The van der Waals surface area contributed by atoms with Crippen LogP contribution in [0.25, 0.3) is 11.0 Å². The number of benzene rings is 1. The summed E-state index contributed by atoms with van der Waals surface area (Å²) in [5, 5.41) is 8.42. The van der Waals surface area contributed by atoms with Crippen LogP contribution >= 0.6 is 0 Å². The Labute approximate surface area is 101 Å². The molecule has 2 rings (SSSR count). The zero-order valence-corrected chi connectivity index (χ0v) is 11.0. The third-order valence-electron chi connectivity index (χ3n) is 2.79. The second kappa shape index (κ2) is 4.20. The van der Waals surface area contributed by atoms with Gasteiger partial charge in [0.2, 0.25) is 5.62 Å². The fourth-order valence-corrected chi connectivity index (χ4v) is 1.91. The molecule has 0 aliphatic heterocycles. The van der Waals surface area contributed by atoms with Crippen molar-refractivity contribution >= 4 is 16.7 Å². The van der Waals surface area contributed by atoms with E-state index in [9.17, 15) is 0 Å². The number of imidazole rings is 1. The van der Waals surface area contributed by atoms with Crippen LogP contribution in [0, 0.1) is 6.92 Å². The van der Waals surface area contributed by atoms with Crippen LogP contribution in [0.15, 0.2) is 28.4 Å². The first kappa shape index (κ1) is 11.6. The highest BCUT2D eigenvalue weighted by Crippen LogP contribution is 2.13. The van der Waals surface area contributed by atoms with Crippen molar-refractivity contribution < 1.29 is 0 Å². The summed E-state index contributed by atoms with van der Waals surface area (Å²) in [4.78, 5) is 0. The van der Waals surface area contributed by atoms with Gasteiger partial charge in [-0.2, -0.15) is 5.10 Å². The predicted octanol–water partition coefficient (Wildman–Crippen LogP) is 2.12. The van der Waals surface area contributed by atoms with E-state index in [1.807, 2.05) is 27.9 Å². The minimum absolute atomic E-state index is 0.854. The standard InChI is InChI=1S/C13H18N4/c1-9(2)14-15-13-16(4)11-7-6-10(3)8-12(11)17(13)5/h6-8H,1-5H3. The van der Waals surface area contributed by atoms with Crippen LogP contribution in [0.2, 0.25) is 0 Å². The zero-order valence-electron chi connectivity index (χ0n) is 11.0. The van der Waals surface area contributed by atoms with Crippen LogP contribution in [0.4, 0.5) is 0 Å². The van der Waals surface area contributed by atoms with E-state index in [0.29, 0.717) is 0 Å². The summed E-state index contributed by atoms with van der Waals surface area (Å²) in [5.41, 5.74) is 5.40. The average molecular weight is 230 g/mol. The molecule has 0 aliphatic rings. The highest BCUT2D eigenvalue weighted by atomic mass is 15.3. The van der Waals surface area contributed by atoms with Crippen LogP contribution in [0.5, 0.6) is 0 Å². The van der Waals surface area contributed by atoms with E-state index in [0.717, 1.165) is 11.3 Å². The van der Waals surface area contributed by atoms with Gasteiger partial charge in [-0.3, -0.25) is 0 Å². The molecule has 0 amide bonds. The number of hydrogen-bond acceptors (Lipinski definition) is 2. The lowest BCUT2D eigenvalue weighted by molar-refractivity contribution is 0.744. The SMILES string of the molecule is CC(C)=NN=c1n(C)c2ccc(C)cc2n1C. The van der Waals surface area contributed by atoms with Gasteiger partial charge in [-0.25, -0.2) is 0 Å². The number of fused-ring (bicyclic) bond motifs is 1. The maximum atomic E-state index is 4.29. The van der Waals surface area contributed by atoms with E-state index >= 15 is 0 Å². The lowest BCUT2D eigenvalue weighted by atomic mass is 10.2. The van der Waals surface area contributed by atoms with Crippen LogP contribution in [-0.2, 0) is 14.1 Å². The normalized spacial score (nSPS) is 12.2. The molecular weight excluding hydrogens is 212 g/mol. The van der Waals surface area contributed by atoms with Crippen LogP contribution in [0.1, 0.15) is 19.4 Å². The third-order valence-corrected chi connectivity index (χ3v) is 2.79. The molecule has 1 aromatic carbocycles. The lowest BCUT2D eigenvalue weighted by Gasteiger charge is -1.95. The van der Waals surface area contributed by atoms with Gasteiger partial charge < -0.3 is 9.13 Å². The molecule has 0 radical (unpaired) electrons. The maximum Gasteiger partial charge on any atom is 0.230 e. The molecule has 0 N–H and O–H groups in total. The van der Waals surface area contributed by atoms with Gasteiger partial charge in [0, 0.05) is 19.8 Å². The number of aryl methyl sites for hydroxylation is 3. The molecule has 90 valence electrons. The molecule has 1 heterocycles. The number of nitrogens with zero attached hydrogens (tertiary/aromatic N) is 4. The molecule has 4 heteroatoms. The fraction of sp³-hybridized carbons (Fsp3) is 0.385. The molecule has 0 saturated heterocycles. The van der Waals surface area contributed by atoms with E-state index in [4.69, 9.17) is 0 Å². The predicted molar refractivity (Wildman–Crippen MR) is 71.0 cm³/mol. The van der Waals surface area contributed by atoms with Gasteiger partial charge in [0.15, 0.2) is 0 Å². The topological polar surface area (TPSA) is 34.6 Å². The van der Waals surface area contributed by atoms with Crippen molar-refractivity contribution in [3.05, 3.63) is 29.4 Å². The molecule has 0 bridgehead atoms. The van der Waals surface area contributed by atoms with Gasteiger partial charge in [-0.05, 0) is 38.5 Å². The Balaban J connectivity index is 2.82. The van der Waals surface area contributed by atoms with Crippen LogP contribution in [0.3, 0.4) is 0 Å². The van der Waals surface area contributed by atoms with Crippen molar-refractivity contribution in [2.24, 2.45) is 24.3 Å². The first-order valence-electron chi connectivity index (χ1n) is 5.67. The van der Waals surface area contributed by atoms with Gasteiger partial charge in [0.05, 0.1) is 11.0 Å². The van der Waals surface area contributed by atoms with Crippen molar-refractivity contribution in [3.8, 4) is 0 Å². The Morgan fingerprint density at radius 1 is 1.06 bits per heavy atom. The first-order valence-corrected chi connectivity index (χ1v) is 5.67. The molecule has 0 unspecified atom stereocenters. The smallest absolute Gasteiger partial charge is 0.230 e. The Bertz CT molecular complexity index is 652. The van der Waals surface area contributed by atoms with Gasteiger partial charge in [-0.1, -0.05) is 6.07 Å². The van der Waals surface area contributed by atoms with Crippen molar-refractivity contribution in [1.82, 2.24) is 9.13 Å². The van der Waals surface area contributed by atoms with Crippen LogP contribution in [-0.4, -0.2) is 14.8 Å². The summed E-state index contributed by atoms with van der Waals surface area (Å²) >= 11 is 0. The summed E-state index contributed by atoms with van der Waals surface area (Å²) in [5.74, 6) is 0. The summed E-state index contributed by atoms with van der Waals surface area (Å²) in [7, 11) is 4.03.